The van der Waals surface area contributed by atoms with Gasteiger partial charge in [-0.2, -0.15) is 0 Å². The molecule has 1 rings (SSSR count). The number of ether oxygens (including phenoxy) is 1. The van der Waals surface area contributed by atoms with Crippen molar-refractivity contribution in [2.24, 2.45) is 5.14 Å². The maximum Gasteiger partial charge on any atom is 0.241 e. The van der Waals surface area contributed by atoms with Crippen molar-refractivity contribution < 1.29 is 13.2 Å². The van der Waals surface area contributed by atoms with E-state index in [0.29, 0.717) is 18.1 Å². The first-order chi connectivity index (χ1) is 7.45. The largest absolute Gasteiger partial charge is 0.492 e. The molecule has 6 heteroatoms. The number of nitrogens with two attached hydrogens (primary N) is 1. The Hall–Kier alpha value is -1.04. The number of hydrogen-bond donors (Lipinski definition) is 1. The summed E-state index contributed by atoms with van der Waals surface area (Å²) in [6, 6.07) is 4.28. The molecule has 0 bridgehead atoms. The van der Waals surface area contributed by atoms with E-state index < -0.39 is 10.0 Å². The molecule has 0 fully saturated rings. The van der Waals surface area contributed by atoms with Crippen molar-refractivity contribution in [2.45, 2.75) is 11.3 Å². The summed E-state index contributed by atoms with van der Waals surface area (Å²) < 4.78 is 27.8. The Bertz CT molecular complexity index is 485. The van der Waals surface area contributed by atoms with Crippen molar-refractivity contribution in [3.8, 4) is 5.75 Å². The summed E-state index contributed by atoms with van der Waals surface area (Å²) in [7, 11) is -3.83. The van der Waals surface area contributed by atoms with Crippen molar-refractivity contribution in [2.75, 3.05) is 6.61 Å². The van der Waals surface area contributed by atoms with Gasteiger partial charge in [-0.05, 0) is 24.6 Å². The fourth-order valence-corrected chi connectivity index (χ4v) is 2.01. The lowest BCUT2D eigenvalue weighted by Crippen LogP contribution is -2.14. The third kappa shape index (κ3) is 3.52. The van der Waals surface area contributed by atoms with Gasteiger partial charge in [-0.1, -0.05) is 17.7 Å². The first kappa shape index (κ1) is 13.0. The van der Waals surface area contributed by atoms with E-state index in [-0.39, 0.29) is 10.6 Å². The van der Waals surface area contributed by atoms with Crippen LogP contribution in [0.25, 0.3) is 0 Å². The minimum Gasteiger partial charge on any atom is -0.492 e. The summed E-state index contributed by atoms with van der Waals surface area (Å²) in [5.74, 6) is 0.203. The van der Waals surface area contributed by atoms with Crippen LogP contribution in [0, 0.1) is 0 Å². The molecule has 0 aliphatic carbocycles. The Morgan fingerprint density at radius 1 is 1.50 bits per heavy atom. The molecular formula is C10H12ClNO3S. The highest BCUT2D eigenvalue weighted by Gasteiger charge is 2.15. The molecule has 4 nitrogen and oxygen atoms in total. The van der Waals surface area contributed by atoms with Crippen LogP contribution in [0.4, 0.5) is 0 Å². The summed E-state index contributed by atoms with van der Waals surface area (Å²) in [6.45, 7) is 3.87. The molecular weight excluding hydrogens is 250 g/mol. The predicted molar refractivity (Wildman–Crippen MR) is 63.1 cm³/mol. The highest BCUT2D eigenvalue weighted by molar-refractivity contribution is 7.89. The van der Waals surface area contributed by atoms with Crippen LogP contribution in [0.5, 0.6) is 5.75 Å². The lowest BCUT2D eigenvalue weighted by atomic mass is 10.3. The quantitative estimate of drug-likeness (QED) is 0.651. The van der Waals surface area contributed by atoms with Crippen molar-refractivity contribution in [1.29, 1.82) is 0 Å². The number of benzene rings is 1. The van der Waals surface area contributed by atoms with Crippen molar-refractivity contribution in [3.63, 3.8) is 0 Å². The van der Waals surface area contributed by atoms with Gasteiger partial charge < -0.3 is 4.74 Å². The number of primary sulfonamides is 1. The summed E-state index contributed by atoms with van der Waals surface area (Å²) in [4.78, 5) is -0.107. The Morgan fingerprint density at radius 3 is 2.75 bits per heavy atom. The smallest absolute Gasteiger partial charge is 0.241 e. The van der Waals surface area contributed by atoms with Gasteiger partial charge in [0.05, 0.1) is 6.61 Å². The third-order valence-corrected chi connectivity index (χ3v) is 2.96. The highest BCUT2D eigenvalue weighted by atomic mass is 35.5. The van der Waals surface area contributed by atoms with E-state index in [1.54, 1.807) is 12.1 Å². The van der Waals surface area contributed by atoms with Gasteiger partial charge in [0, 0.05) is 5.02 Å². The van der Waals surface area contributed by atoms with E-state index in [0.717, 1.165) is 0 Å². The van der Waals surface area contributed by atoms with E-state index in [1.807, 2.05) is 0 Å². The van der Waals surface area contributed by atoms with Crippen molar-refractivity contribution in [1.82, 2.24) is 0 Å². The topological polar surface area (TPSA) is 69.4 Å². The summed E-state index contributed by atoms with van der Waals surface area (Å²) >= 11 is 5.69. The maximum atomic E-state index is 11.3. The van der Waals surface area contributed by atoms with Gasteiger partial charge in [-0.3, -0.25) is 0 Å². The van der Waals surface area contributed by atoms with E-state index in [9.17, 15) is 8.42 Å². The SMILES string of the molecule is C=CCCOc1ccc(Cl)cc1S(N)(=O)=O. The Labute approximate surface area is 99.7 Å². The lowest BCUT2D eigenvalue weighted by molar-refractivity contribution is 0.316. The van der Waals surface area contributed by atoms with Crippen LogP contribution >= 0.6 is 11.6 Å². The molecule has 88 valence electrons. The molecule has 0 amide bonds. The Balaban J connectivity index is 3.04. The fourth-order valence-electron chi connectivity index (χ4n) is 1.08. The zero-order valence-electron chi connectivity index (χ0n) is 8.52. The first-order valence-electron chi connectivity index (χ1n) is 4.51. The minimum atomic E-state index is -3.83. The molecule has 0 unspecified atom stereocenters. The van der Waals surface area contributed by atoms with Crippen LogP contribution < -0.4 is 9.88 Å². The van der Waals surface area contributed by atoms with E-state index in [1.165, 1.54) is 12.1 Å². The number of rotatable bonds is 5. The van der Waals surface area contributed by atoms with E-state index in [4.69, 9.17) is 21.5 Å². The zero-order chi connectivity index (χ0) is 12.2. The minimum absolute atomic E-state index is 0.107. The summed E-state index contributed by atoms with van der Waals surface area (Å²) in [6.07, 6.45) is 2.29. The van der Waals surface area contributed by atoms with Crippen molar-refractivity contribution >= 4 is 21.6 Å². The van der Waals surface area contributed by atoms with Gasteiger partial charge in [-0.15, -0.1) is 6.58 Å². The third-order valence-electron chi connectivity index (χ3n) is 1.79. The molecule has 16 heavy (non-hydrogen) atoms. The fraction of sp³-hybridized carbons (Fsp3) is 0.200. The van der Waals surface area contributed by atoms with Crippen LogP contribution in [0.15, 0.2) is 35.7 Å². The molecule has 0 saturated carbocycles. The van der Waals surface area contributed by atoms with Gasteiger partial charge in [0.1, 0.15) is 10.6 Å². The maximum absolute atomic E-state index is 11.3. The monoisotopic (exact) mass is 261 g/mol. The van der Waals surface area contributed by atoms with Crippen LogP contribution in [-0.2, 0) is 10.0 Å². The number of sulfonamides is 1. The Morgan fingerprint density at radius 2 is 2.19 bits per heavy atom. The second kappa shape index (κ2) is 5.34. The summed E-state index contributed by atoms with van der Waals surface area (Å²) in [5, 5.41) is 5.34. The van der Waals surface area contributed by atoms with Crippen molar-refractivity contribution in [3.05, 3.63) is 35.9 Å². The molecule has 1 aromatic rings. The molecule has 1 aromatic carbocycles. The van der Waals surface area contributed by atoms with Crippen LogP contribution in [0.2, 0.25) is 5.02 Å². The first-order valence-corrected chi connectivity index (χ1v) is 6.43. The average Bonchev–Trinajstić information content (AvgIpc) is 2.19. The zero-order valence-corrected chi connectivity index (χ0v) is 10.1. The molecule has 0 spiro atoms. The van der Waals surface area contributed by atoms with Gasteiger partial charge in [0.15, 0.2) is 0 Å². The van der Waals surface area contributed by atoms with Gasteiger partial charge in [0.2, 0.25) is 10.0 Å². The summed E-state index contributed by atoms with van der Waals surface area (Å²) in [5.41, 5.74) is 0. The molecule has 0 aromatic heterocycles. The van der Waals surface area contributed by atoms with Crippen LogP contribution in [0.1, 0.15) is 6.42 Å². The molecule has 0 saturated heterocycles. The van der Waals surface area contributed by atoms with Gasteiger partial charge in [0.25, 0.3) is 0 Å². The molecule has 2 N–H and O–H groups in total. The second-order valence-electron chi connectivity index (χ2n) is 3.06. The molecule has 0 heterocycles. The number of halogens is 1. The van der Waals surface area contributed by atoms with Gasteiger partial charge >= 0.3 is 0 Å². The van der Waals surface area contributed by atoms with E-state index in [2.05, 4.69) is 6.58 Å². The molecule has 0 radical (unpaired) electrons. The average molecular weight is 262 g/mol. The second-order valence-corrected chi connectivity index (χ2v) is 5.03. The van der Waals surface area contributed by atoms with E-state index >= 15 is 0 Å². The molecule has 0 aliphatic heterocycles. The van der Waals surface area contributed by atoms with Crippen LogP contribution in [0.3, 0.4) is 0 Å². The lowest BCUT2D eigenvalue weighted by Gasteiger charge is -2.09. The number of hydrogen-bond acceptors (Lipinski definition) is 3. The molecule has 0 atom stereocenters. The predicted octanol–water partition coefficient (Wildman–Crippen LogP) is 1.94. The normalized spacial score (nSPS) is 11.1. The van der Waals surface area contributed by atoms with Gasteiger partial charge in [-0.25, -0.2) is 13.6 Å². The Kier molecular flexibility index (Phi) is 4.35. The van der Waals surface area contributed by atoms with Crippen LogP contribution in [-0.4, -0.2) is 15.0 Å². The standard InChI is InChI=1S/C10H12ClNO3S/c1-2-3-6-15-9-5-4-8(11)7-10(9)16(12,13)14/h2,4-5,7H,1,3,6H2,(H2,12,13,14). The highest BCUT2D eigenvalue weighted by Crippen LogP contribution is 2.26. The molecule has 0 aliphatic rings.